The van der Waals surface area contributed by atoms with Crippen molar-refractivity contribution in [2.75, 3.05) is 24.4 Å². The minimum atomic E-state index is -0.327. The largest absolute Gasteiger partial charge is 0.493 e. The molecular formula is C25H24N4O2. The van der Waals surface area contributed by atoms with Crippen LogP contribution >= 0.6 is 0 Å². The lowest BCUT2D eigenvalue weighted by atomic mass is 10.2. The molecule has 6 heteroatoms. The van der Waals surface area contributed by atoms with Crippen LogP contribution in [0.3, 0.4) is 0 Å². The Balaban J connectivity index is 1.58. The van der Waals surface area contributed by atoms with Crippen LogP contribution in [0.4, 0.5) is 11.4 Å². The third kappa shape index (κ3) is 4.59. The molecule has 0 unspecified atom stereocenters. The molecule has 4 aromatic rings. The Labute approximate surface area is 181 Å². The number of hydrogen-bond acceptors (Lipinski definition) is 4. The molecule has 1 amide bonds. The van der Waals surface area contributed by atoms with E-state index in [4.69, 9.17) is 4.74 Å². The van der Waals surface area contributed by atoms with Gasteiger partial charge in [-0.3, -0.25) is 4.79 Å². The van der Waals surface area contributed by atoms with E-state index in [9.17, 15) is 4.79 Å². The lowest BCUT2D eigenvalue weighted by molar-refractivity contribution is 0.101. The number of anilines is 2. The molecule has 3 aromatic carbocycles. The number of rotatable bonds is 7. The van der Waals surface area contributed by atoms with Gasteiger partial charge < -0.3 is 15.0 Å². The molecule has 156 valence electrons. The summed E-state index contributed by atoms with van der Waals surface area (Å²) < 4.78 is 7.05. The van der Waals surface area contributed by atoms with E-state index in [1.807, 2.05) is 79.8 Å². The number of methoxy groups -OCH3 is 1. The SMILES string of the molecule is COc1cn(-c2ccccc2)nc1C(=O)Nc1ccccc1N(C)Cc1ccccc1. The Kier molecular flexibility index (Phi) is 5.98. The highest BCUT2D eigenvalue weighted by atomic mass is 16.5. The molecule has 31 heavy (non-hydrogen) atoms. The van der Waals surface area contributed by atoms with Crippen LogP contribution in [0.5, 0.6) is 5.75 Å². The zero-order valence-electron chi connectivity index (χ0n) is 17.5. The van der Waals surface area contributed by atoms with E-state index in [0.29, 0.717) is 11.4 Å². The lowest BCUT2D eigenvalue weighted by Crippen LogP contribution is -2.20. The van der Waals surface area contributed by atoms with Crippen molar-refractivity contribution in [1.82, 2.24) is 9.78 Å². The molecular weight excluding hydrogens is 388 g/mol. The fourth-order valence-electron chi connectivity index (χ4n) is 3.41. The van der Waals surface area contributed by atoms with Crippen molar-refractivity contribution >= 4 is 17.3 Å². The van der Waals surface area contributed by atoms with Crippen molar-refractivity contribution in [2.45, 2.75) is 6.54 Å². The van der Waals surface area contributed by atoms with Crippen LogP contribution < -0.4 is 15.0 Å². The molecule has 0 aliphatic rings. The van der Waals surface area contributed by atoms with Crippen molar-refractivity contribution in [3.63, 3.8) is 0 Å². The van der Waals surface area contributed by atoms with Crippen LogP contribution in [0.15, 0.2) is 91.1 Å². The van der Waals surface area contributed by atoms with Crippen molar-refractivity contribution in [1.29, 1.82) is 0 Å². The number of carbonyl (C=O) groups is 1. The highest BCUT2D eigenvalue weighted by Crippen LogP contribution is 2.28. The van der Waals surface area contributed by atoms with Crippen molar-refractivity contribution in [3.8, 4) is 11.4 Å². The van der Waals surface area contributed by atoms with E-state index in [2.05, 4.69) is 27.4 Å². The van der Waals surface area contributed by atoms with E-state index >= 15 is 0 Å². The maximum atomic E-state index is 13.1. The molecule has 0 radical (unpaired) electrons. The van der Waals surface area contributed by atoms with Gasteiger partial charge in [-0.1, -0.05) is 60.7 Å². The molecule has 1 heterocycles. The molecule has 4 rings (SSSR count). The molecule has 0 aliphatic heterocycles. The number of nitrogens with zero attached hydrogens (tertiary/aromatic N) is 3. The van der Waals surface area contributed by atoms with Gasteiger partial charge in [0.2, 0.25) is 0 Å². The molecule has 0 saturated carbocycles. The smallest absolute Gasteiger partial charge is 0.280 e. The second kappa shape index (κ2) is 9.17. The monoisotopic (exact) mass is 412 g/mol. The molecule has 1 N–H and O–H groups in total. The van der Waals surface area contributed by atoms with Gasteiger partial charge in [0.15, 0.2) is 11.4 Å². The van der Waals surface area contributed by atoms with Crippen LogP contribution in [0.25, 0.3) is 5.69 Å². The Morgan fingerprint density at radius 2 is 1.61 bits per heavy atom. The second-order valence-corrected chi connectivity index (χ2v) is 7.14. The van der Waals surface area contributed by atoms with E-state index in [1.54, 1.807) is 10.9 Å². The van der Waals surface area contributed by atoms with Crippen LogP contribution in [-0.4, -0.2) is 29.8 Å². The van der Waals surface area contributed by atoms with Gasteiger partial charge in [0, 0.05) is 13.6 Å². The summed E-state index contributed by atoms with van der Waals surface area (Å²) in [7, 11) is 3.54. The van der Waals surface area contributed by atoms with Crippen molar-refractivity contribution < 1.29 is 9.53 Å². The Hall–Kier alpha value is -4.06. The zero-order valence-corrected chi connectivity index (χ0v) is 17.5. The van der Waals surface area contributed by atoms with E-state index in [-0.39, 0.29) is 11.6 Å². The number of nitrogens with one attached hydrogen (secondary N) is 1. The van der Waals surface area contributed by atoms with Crippen molar-refractivity contribution in [2.24, 2.45) is 0 Å². The minimum absolute atomic E-state index is 0.229. The Morgan fingerprint density at radius 1 is 0.968 bits per heavy atom. The average Bonchev–Trinajstić information content (AvgIpc) is 3.25. The zero-order chi connectivity index (χ0) is 21.6. The van der Waals surface area contributed by atoms with Gasteiger partial charge in [-0.2, -0.15) is 5.10 Å². The number of para-hydroxylation sites is 3. The van der Waals surface area contributed by atoms with Gasteiger partial charge in [0.1, 0.15) is 0 Å². The molecule has 0 atom stereocenters. The number of hydrogen-bond donors (Lipinski definition) is 1. The summed E-state index contributed by atoms with van der Waals surface area (Å²) in [5, 5.41) is 7.45. The van der Waals surface area contributed by atoms with E-state index in [1.165, 1.54) is 12.7 Å². The summed E-state index contributed by atoms with van der Waals surface area (Å²) >= 11 is 0. The maximum Gasteiger partial charge on any atom is 0.280 e. The molecule has 1 aromatic heterocycles. The van der Waals surface area contributed by atoms with Crippen LogP contribution in [-0.2, 0) is 6.54 Å². The quantitative estimate of drug-likeness (QED) is 0.475. The molecule has 0 bridgehead atoms. The lowest BCUT2D eigenvalue weighted by Gasteiger charge is -2.22. The Morgan fingerprint density at radius 3 is 2.32 bits per heavy atom. The minimum Gasteiger partial charge on any atom is -0.493 e. The summed E-state index contributed by atoms with van der Waals surface area (Å²) in [4.78, 5) is 15.2. The average molecular weight is 412 g/mol. The van der Waals surface area contributed by atoms with Crippen LogP contribution in [0.1, 0.15) is 16.1 Å². The number of carbonyl (C=O) groups excluding carboxylic acids is 1. The van der Waals surface area contributed by atoms with Crippen LogP contribution in [0.2, 0.25) is 0 Å². The van der Waals surface area contributed by atoms with E-state index in [0.717, 1.165) is 17.9 Å². The highest BCUT2D eigenvalue weighted by Gasteiger charge is 2.20. The fraction of sp³-hybridized carbons (Fsp3) is 0.120. The first-order valence-electron chi connectivity index (χ1n) is 10.00. The number of amides is 1. The standard InChI is InChI=1S/C25H24N4O2/c1-28(17-19-11-5-3-6-12-19)22-16-10-9-15-21(22)26-25(30)24-23(31-2)18-29(27-24)20-13-7-4-8-14-20/h3-16,18H,17H2,1-2H3,(H,26,30). The summed E-state index contributed by atoms with van der Waals surface area (Å²) in [6, 6.07) is 27.5. The molecule has 0 spiro atoms. The predicted molar refractivity (Wildman–Crippen MR) is 123 cm³/mol. The third-order valence-corrected chi connectivity index (χ3v) is 4.96. The normalized spacial score (nSPS) is 10.5. The van der Waals surface area contributed by atoms with E-state index < -0.39 is 0 Å². The van der Waals surface area contributed by atoms with Crippen LogP contribution in [0, 0.1) is 0 Å². The first-order valence-corrected chi connectivity index (χ1v) is 10.00. The summed E-state index contributed by atoms with van der Waals surface area (Å²) in [6.45, 7) is 0.722. The maximum absolute atomic E-state index is 13.1. The summed E-state index contributed by atoms with van der Waals surface area (Å²) in [5.74, 6) is 0.0866. The first kappa shape index (κ1) is 20.2. The summed E-state index contributed by atoms with van der Waals surface area (Å²) in [6.07, 6.45) is 1.71. The van der Waals surface area contributed by atoms with Gasteiger partial charge in [-0.25, -0.2) is 4.68 Å². The molecule has 0 aliphatic carbocycles. The molecule has 6 nitrogen and oxygen atoms in total. The first-order chi connectivity index (χ1) is 15.2. The van der Waals surface area contributed by atoms with Crippen molar-refractivity contribution in [3.05, 3.63) is 102 Å². The Bertz CT molecular complexity index is 1160. The topological polar surface area (TPSA) is 59.4 Å². The predicted octanol–water partition coefficient (Wildman–Crippen LogP) is 4.77. The fourth-order valence-corrected chi connectivity index (χ4v) is 3.41. The van der Waals surface area contributed by atoms with Gasteiger partial charge >= 0.3 is 0 Å². The number of aromatic nitrogens is 2. The number of benzene rings is 3. The number of ether oxygens (including phenoxy) is 1. The van der Waals surface area contributed by atoms with Gasteiger partial charge in [0.05, 0.1) is 30.4 Å². The molecule has 0 saturated heterocycles. The second-order valence-electron chi connectivity index (χ2n) is 7.14. The molecule has 0 fully saturated rings. The van der Waals surface area contributed by atoms with Gasteiger partial charge in [0.25, 0.3) is 5.91 Å². The highest BCUT2D eigenvalue weighted by molar-refractivity contribution is 6.06. The van der Waals surface area contributed by atoms with Gasteiger partial charge in [-0.15, -0.1) is 0 Å². The summed E-state index contributed by atoms with van der Waals surface area (Å²) in [5.41, 5.74) is 3.90. The van der Waals surface area contributed by atoms with Gasteiger partial charge in [-0.05, 0) is 29.8 Å². The third-order valence-electron chi connectivity index (χ3n) is 4.96.